The zero-order chi connectivity index (χ0) is 10.9. The Bertz CT molecular complexity index is 239. The largest absolute Gasteiger partial charge is 0.395 e. The van der Waals surface area contributed by atoms with Gasteiger partial charge in [0.15, 0.2) is 0 Å². The summed E-state index contributed by atoms with van der Waals surface area (Å²) < 4.78 is 0. The van der Waals surface area contributed by atoms with Crippen LogP contribution in [0.5, 0.6) is 0 Å². The van der Waals surface area contributed by atoms with E-state index in [0.717, 1.165) is 24.6 Å². The smallest absolute Gasteiger partial charge is 0.107 e. The van der Waals surface area contributed by atoms with Crippen LogP contribution in [0.1, 0.15) is 31.2 Å². The van der Waals surface area contributed by atoms with E-state index >= 15 is 0 Å². The molecular formula is C11H20N2OS. The third-order valence-electron chi connectivity index (χ3n) is 2.34. The number of rotatable bonds is 8. The minimum atomic E-state index is 0.234. The average molecular weight is 228 g/mol. The molecule has 0 atom stereocenters. The maximum Gasteiger partial charge on any atom is 0.107 e. The van der Waals surface area contributed by atoms with Gasteiger partial charge in [0.25, 0.3) is 0 Å². The number of unbranched alkanes of at least 4 members (excludes halogenated alkanes) is 2. The second-order valence-electron chi connectivity index (χ2n) is 3.63. The van der Waals surface area contributed by atoms with Crippen LogP contribution in [0.2, 0.25) is 0 Å². The van der Waals surface area contributed by atoms with Crippen molar-refractivity contribution in [1.82, 2.24) is 9.88 Å². The number of nitrogens with zero attached hydrogens (tertiary/aromatic N) is 2. The molecule has 86 valence electrons. The molecule has 1 N–H and O–H groups in total. The highest BCUT2D eigenvalue weighted by Crippen LogP contribution is 2.09. The summed E-state index contributed by atoms with van der Waals surface area (Å²) in [5, 5.41) is 12.1. The fourth-order valence-corrected chi connectivity index (χ4v) is 2.18. The van der Waals surface area contributed by atoms with Gasteiger partial charge in [0.2, 0.25) is 0 Å². The first-order valence-electron chi connectivity index (χ1n) is 5.58. The summed E-state index contributed by atoms with van der Waals surface area (Å²) in [5.74, 6) is 0. The summed E-state index contributed by atoms with van der Waals surface area (Å²) in [6, 6.07) is 0. The molecule has 0 spiro atoms. The van der Waals surface area contributed by atoms with E-state index in [0.29, 0.717) is 0 Å². The number of hydrogen-bond acceptors (Lipinski definition) is 4. The molecule has 0 radical (unpaired) electrons. The fourth-order valence-electron chi connectivity index (χ4n) is 1.52. The van der Waals surface area contributed by atoms with Crippen molar-refractivity contribution in [1.29, 1.82) is 0 Å². The molecule has 0 saturated heterocycles. The molecule has 1 heterocycles. The molecule has 0 fully saturated rings. The zero-order valence-corrected chi connectivity index (χ0v) is 10.2. The van der Waals surface area contributed by atoms with Gasteiger partial charge in [-0.25, -0.2) is 4.98 Å². The van der Waals surface area contributed by atoms with Crippen LogP contribution in [0.4, 0.5) is 0 Å². The molecule has 0 aliphatic heterocycles. The number of aliphatic hydroxyl groups excluding tert-OH is 1. The minimum Gasteiger partial charge on any atom is -0.395 e. The van der Waals surface area contributed by atoms with Crippen LogP contribution < -0.4 is 0 Å². The van der Waals surface area contributed by atoms with Gasteiger partial charge in [-0.2, -0.15) is 0 Å². The van der Waals surface area contributed by atoms with E-state index < -0.39 is 0 Å². The summed E-state index contributed by atoms with van der Waals surface area (Å²) in [4.78, 5) is 6.53. The lowest BCUT2D eigenvalue weighted by Crippen LogP contribution is -2.27. The van der Waals surface area contributed by atoms with E-state index in [9.17, 15) is 0 Å². The van der Waals surface area contributed by atoms with Crippen molar-refractivity contribution in [2.75, 3.05) is 19.7 Å². The predicted octanol–water partition coefficient (Wildman–Crippen LogP) is 2.13. The first kappa shape index (κ1) is 12.6. The fraction of sp³-hybridized carbons (Fsp3) is 0.727. The first-order chi connectivity index (χ1) is 7.36. The quantitative estimate of drug-likeness (QED) is 0.692. The molecule has 4 heteroatoms. The van der Waals surface area contributed by atoms with Crippen molar-refractivity contribution in [2.45, 2.75) is 32.7 Å². The van der Waals surface area contributed by atoms with Gasteiger partial charge in [-0.3, -0.25) is 4.90 Å². The molecular weight excluding hydrogens is 208 g/mol. The van der Waals surface area contributed by atoms with Gasteiger partial charge in [-0.15, -0.1) is 11.3 Å². The molecule has 0 aliphatic carbocycles. The van der Waals surface area contributed by atoms with Crippen LogP contribution in [0.15, 0.2) is 11.6 Å². The Kier molecular flexibility index (Phi) is 6.55. The Morgan fingerprint density at radius 3 is 2.87 bits per heavy atom. The van der Waals surface area contributed by atoms with Crippen molar-refractivity contribution in [3.8, 4) is 0 Å². The number of hydrogen-bond donors (Lipinski definition) is 1. The number of thiazole rings is 1. The maximum absolute atomic E-state index is 8.96. The van der Waals surface area contributed by atoms with Crippen LogP contribution >= 0.6 is 11.3 Å². The standard InChI is InChI=1S/C11H20N2OS/c1-2-3-4-6-13(7-8-14)10-11-12-5-9-15-11/h5,9,14H,2-4,6-8,10H2,1H3. The molecule has 1 rings (SSSR count). The lowest BCUT2D eigenvalue weighted by molar-refractivity contribution is 0.187. The molecule has 0 aromatic carbocycles. The Morgan fingerprint density at radius 1 is 1.40 bits per heavy atom. The van der Waals surface area contributed by atoms with Gasteiger partial charge < -0.3 is 5.11 Å². The van der Waals surface area contributed by atoms with Crippen molar-refractivity contribution in [2.24, 2.45) is 0 Å². The predicted molar refractivity (Wildman–Crippen MR) is 64.0 cm³/mol. The van der Waals surface area contributed by atoms with Gasteiger partial charge in [-0.05, 0) is 13.0 Å². The molecule has 0 amide bonds. The second-order valence-corrected chi connectivity index (χ2v) is 4.61. The highest BCUT2D eigenvalue weighted by Gasteiger charge is 2.06. The second kappa shape index (κ2) is 7.79. The zero-order valence-electron chi connectivity index (χ0n) is 9.35. The third-order valence-corrected chi connectivity index (χ3v) is 3.10. The molecule has 0 aliphatic rings. The van der Waals surface area contributed by atoms with Crippen LogP contribution in [0.3, 0.4) is 0 Å². The van der Waals surface area contributed by atoms with Crippen LogP contribution in [-0.2, 0) is 6.54 Å². The summed E-state index contributed by atoms with van der Waals surface area (Å²) in [6.45, 7) is 5.13. The maximum atomic E-state index is 8.96. The molecule has 0 bridgehead atoms. The van der Waals surface area contributed by atoms with E-state index in [4.69, 9.17) is 5.11 Å². The Hall–Kier alpha value is -0.450. The van der Waals surface area contributed by atoms with Crippen LogP contribution in [0, 0.1) is 0 Å². The van der Waals surface area contributed by atoms with E-state index in [-0.39, 0.29) is 6.61 Å². The summed E-state index contributed by atoms with van der Waals surface area (Å²) in [6.07, 6.45) is 5.55. The molecule has 1 aromatic heterocycles. The average Bonchev–Trinajstić information content (AvgIpc) is 2.71. The van der Waals surface area contributed by atoms with Crippen molar-refractivity contribution >= 4 is 11.3 Å². The molecule has 3 nitrogen and oxygen atoms in total. The Labute approximate surface area is 95.8 Å². The monoisotopic (exact) mass is 228 g/mol. The minimum absolute atomic E-state index is 0.234. The molecule has 0 saturated carbocycles. The van der Waals surface area contributed by atoms with Gasteiger partial charge in [0.1, 0.15) is 5.01 Å². The van der Waals surface area contributed by atoms with E-state index in [1.807, 2.05) is 11.6 Å². The van der Waals surface area contributed by atoms with Gasteiger partial charge in [-0.1, -0.05) is 19.8 Å². The van der Waals surface area contributed by atoms with Gasteiger partial charge in [0, 0.05) is 18.1 Å². The van der Waals surface area contributed by atoms with Crippen LogP contribution in [0.25, 0.3) is 0 Å². The topological polar surface area (TPSA) is 36.4 Å². The van der Waals surface area contributed by atoms with Crippen molar-refractivity contribution in [3.05, 3.63) is 16.6 Å². The van der Waals surface area contributed by atoms with Gasteiger partial charge >= 0.3 is 0 Å². The molecule has 1 aromatic rings. The SMILES string of the molecule is CCCCCN(CCO)Cc1nccs1. The first-order valence-corrected chi connectivity index (χ1v) is 6.46. The summed E-state index contributed by atoms with van der Waals surface area (Å²) in [5.41, 5.74) is 0. The van der Waals surface area contributed by atoms with Crippen molar-refractivity contribution in [3.63, 3.8) is 0 Å². The third kappa shape index (κ3) is 5.25. The van der Waals surface area contributed by atoms with Crippen LogP contribution in [-0.4, -0.2) is 34.7 Å². The van der Waals surface area contributed by atoms with Crippen molar-refractivity contribution < 1.29 is 5.11 Å². The lowest BCUT2D eigenvalue weighted by atomic mass is 10.2. The summed E-state index contributed by atoms with van der Waals surface area (Å²) in [7, 11) is 0. The van der Waals surface area contributed by atoms with E-state index in [1.165, 1.54) is 19.3 Å². The number of aliphatic hydroxyl groups is 1. The highest BCUT2D eigenvalue weighted by molar-refractivity contribution is 7.09. The summed E-state index contributed by atoms with van der Waals surface area (Å²) >= 11 is 1.68. The normalized spacial score (nSPS) is 11.1. The molecule has 15 heavy (non-hydrogen) atoms. The lowest BCUT2D eigenvalue weighted by Gasteiger charge is -2.19. The molecule has 0 unspecified atom stereocenters. The Balaban J connectivity index is 2.29. The van der Waals surface area contributed by atoms with Gasteiger partial charge in [0.05, 0.1) is 13.2 Å². The van der Waals surface area contributed by atoms with E-state index in [2.05, 4.69) is 16.8 Å². The Morgan fingerprint density at radius 2 is 2.27 bits per heavy atom. The van der Waals surface area contributed by atoms with E-state index in [1.54, 1.807) is 11.3 Å². The highest BCUT2D eigenvalue weighted by atomic mass is 32.1. The number of aromatic nitrogens is 1.